The fourth-order valence-corrected chi connectivity index (χ4v) is 2.48. The van der Waals surface area contributed by atoms with Crippen molar-refractivity contribution in [2.75, 3.05) is 14.2 Å². The van der Waals surface area contributed by atoms with Crippen molar-refractivity contribution in [2.45, 2.75) is 13.2 Å². The van der Waals surface area contributed by atoms with Crippen molar-refractivity contribution in [1.29, 1.82) is 0 Å². The summed E-state index contributed by atoms with van der Waals surface area (Å²) in [6.45, 7) is 1.21. The van der Waals surface area contributed by atoms with Crippen LogP contribution in [0, 0.1) is 0 Å². The molecule has 0 fully saturated rings. The lowest BCUT2D eigenvalue weighted by molar-refractivity contribution is 0.253. The number of hydrogen-bond acceptors (Lipinski definition) is 4. The molecular weight excluding hydrogens is 280 g/mol. The van der Waals surface area contributed by atoms with Gasteiger partial charge in [0.25, 0.3) is 0 Å². The van der Waals surface area contributed by atoms with Gasteiger partial charge in [-0.15, -0.1) is 0 Å². The summed E-state index contributed by atoms with van der Waals surface area (Å²) in [5, 5.41) is 0. The fourth-order valence-electron chi connectivity index (χ4n) is 2.48. The summed E-state index contributed by atoms with van der Waals surface area (Å²) in [7, 11) is 3.62. The molecule has 0 radical (unpaired) electrons. The van der Waals surface area contributed by atoms with Gasteiger partial charge in [0, 0.05) is 6.54 Å². The molecule has 0 N–H and O–H groups in total. The number of ether oxygens (including phenoxy) is 1. The van der Waals surface area contributed by atoms with Crippen molar-refractivity contribution in [3.05, 3.63) is 64.6 Å². The summed E-state index contributed by atoms with van der Waals surface area (Å²) in [6, 6.07) is 15.4. The van der Waals surface area contributed by atoms with E-state index in [2.05, 4.69) is 4.90 Å². The van der Waals surface area contributed by atoms with Crippen molar-refractivity contribution in [1.82, 2.24) is 9.47 Å². The summed E-state index contributed by atoms with van der Waals surface area (Å²) >= 11 is 0. The van der Waals surface area contributed by atoms with Crippen molar-refractivity contribution in [2.24, 2.45) is 0 Å². The lowest BCUT2D eigenvalue weighted by atomic mass is 10.2. The Kier molecular flexibility index (Phi) is 3.98. The van der Waals surface area contributed by atoms with Crippen LogP contribution in [0.2, 0.25) is 0 Å². The molecular formula is C17H18N2O3. The molecule has 0 aliphatic rings. The zero-order chi connectivity index (χ0) is 15.5. The highest BCUT2D eigenvalue weighted by Gasteiger charge is 2.10. The molecule has 1 heterocycles. The molecule has 2 aromatic carbocycles. The van der Waals surface area contributed by atoms with E-state index in [1.54, 1.807) is 17.7 Å². The third-order valence-corrected chi connectivity index (χ3v) is 3.57. The SMILES string of the molecule is COc1ccc(CN(C)Cn2c(=O)oc3ccccc32)cc1. The van der Waals surface area contributed by atoms with Crippen molar-refractivity contribution < 1.29 is 9.15 Å². The maximum Gasteiger partial charge on any atom is 0.421 e. The lowest BCUT2D eigenvalue weighted by Crippen LogP contribution is -2.27. The Labute approximate surface area is 128 Å². The first kappa shape index (κ1) is 14.4. The highest BCUT2D eigenvalue weighted by atomic mass is 16.5. The molecule has 5 nitrogen and oxygen atoms in total. The van der Waals surface area contributed by atoms with Gasteiger partial charge in [-0.1, -0.05) is 24.3 Å². The summed E-state index contributed by atoms with van der Waals surface area (Å²) in [4.78, 5) is 14.0. The van der Waals surface area contributed by atoms with Gasteiger partial charge in [-0.25, -0.2) is 4.79 Å². The number of benzene rings is 2. The van der Waals surface area contributed by atoms with Crippen LogP contribution < -0.4 is 10.5 Å². The maximum atomic E-state index is 12.0. The normalized spacial score (nSPS) is 11.2. The Bertz CT molecular complexity index is 818. The van der Waals surface area contributed by atoms with Gasteiger partial charge in [0.15, 0.2) is 5.58 Å². The summed E-state index contributed by atoms with van der Waals surface area (Å²) < 4.78 is 12.0. The van der Waals surface area contributed by atoms with Gasteiger partial charge in [0.05, 0.1) is 19.3 Å². The molecule has 3 rings (SSSR count). The van der Waals surface area contributed by atoms with Gasteiger partial charge < -0.3 is 9.15 Å². The minimum absolute atomic E-state index is 0.331. The zero-order valence-corrected chi connectivity index (χ0v) is 12.7. The van der Waals surface area contributed by atoms with Crippen LogP contribution in [0.15, 0.2) is 57.7 Å². The van der Waals surface area contributed by atoms with Gasteiger partial charge in [0.1, 0.15) is 5.75 Å². The molecule has 114 valence electrons. The molecule has 0 spiro atoms. The van der Waals surface area contributed by atoms with Crippen LogP contribution in [0.5, 0.6) is 5.75 Å². The molecule has 0 bridgehead atoms. The molecule has 0 atom stereocenters. The van der Waals surface area contributed by atoms with Crippen LogP contribution in [0.4, 0.5) is 0 Å². The Hall–Kier alpha value is -2.53. The Morgan fingerprint density at radius 2 is 1.86 bits per heavy atom. The smallest absolute Gasteiger partial charge is 0.421 e. The summed E-state index contributed by atoms with van der Waals surface area (Å²) in [5.41, 5.74) is 2.59. The number of hydrogen-bond donors (Lipinski definition) is 0. The van der Waals surface area contributed by atoms with E-state index in [9.17, 15) is 4.79 Å². The van der Waals surface area contributed by atoms with Gasteiger partial charge >= 0.3 is 5.76 Å². The monoisotopic (exact) mass is 298 g/mol. The van der Waals surface area contributed by atoms with E-state index in [0.717, 1.165) is 23.4 Å². The predicted molar refractivity (Wildman–Crippen MR) is 84.9 cm³/mol. The standard InChI is InChI=1S/C17H18N2O3/c1-18(11-13-7-9-14(21-2)10-8-13)12-19-15-5-3-4-6-16(15)22-17(19)20/h3-10H,11-12H2,1-2H3. The molecule has 22 heavy (non-hydrogen) atoms. The Morgan fingerprint density at radius 1 is 1.14 bits per heavy atom. The average molecular weight is 298 g/mol. The van der Waals surface area contributed by atoms with Gasteiger partial charge in [-0.05, 0) is 36.9 Å². The summed E-state index contributed by atoms with van der Waals surface area (Å²) in [6.07, 6.45) is 0. The van der Waals surface area contributed by atoms with Crippen LogP contribution in [0.25, 0.3) is 11.1 Å². The number of aromatic nitrogens is 1. The van der Waals surface area contributed by atoms with Gasteiger partial charge in [-0.3, -0.25) is 9.47 Å². The second kappa shape index (κ2) is 6.07. The van der Waals surface area contributed by atoms with E-state index in [1.807, 2.05) is 49.5 Å². The fraction of sp³-hybridized carbons (Fsp3) is 0.235. The summed E-state index contributed by atoms with van der Waals surface area (Å²) in [5.74, 6) is 0.506. The molecule has 0 aliphatic heterocycles. The Morgan fingerprint density at radius 3 is 2.59 bits per heavy atom. The van der Waals surface area contributed by atoms with Crippen molar-refractivity contribution in [3.63, 3.8) is 0 Å². The molecule has 0 saturated carbocycles. The van der Waals surface area contributed by atoms with E-state index in [4.69, 9.17) is 9.15 Å². The average Bonchev–Trinajstić information content (AvgIpc) is 2.84. The molecule has 0 saturated heterocycles. The minimum Gasteiger partial charge on any atom is -0.497 e. The highest BCUT2D eigenvalue weighted by molar-refractivity contribution is 5.72. The lowest BCUT2D eigenvalue weighted by Gasteiger charge is -2.17. The van der Waals surface area contributed by atoms with Crippen LogP contribution in [-0.4, -0.2) is 23.6 Å². The first-order chi connectivity index (χ1) is 10.7. The van der Waals surface area contributed by atoms with Gasteiger partial charge in [0.2, 0.25) is 0 Å². The number of fused-ring (bicyclic) bond motifs is 1. The molecule has 0 unspecified atom stereocenters. The minimum atomic E-state index is -0.331. The molecule has 1 aromatic heterocycles. The number of oxazole rings is 1. The molecule has 0 aliphatic carbocycles. The quantitative estimate of drug-likeness (QED) is 0.726. The largest absolute Gasteiger partial charge is 0.497 e. The number of para-hydroxylation sites is 2. The highest BCUT2D eigenvalue weighted by Crippen LogP contribution is 2.15. The van der Waals surface area contributed by atoms with Gasteiger partial charge in [-0.2, -0.15) is 0 Å². The van der Waals surface area contributed by atoms with Crippen LogP contribution in [0.1, 0.15) is 5.56 Å². The molecule has 0 amide bonds. The second-order valence-corrected chi connectivity index (χ2v) is 5.27. The van der Waals surface area contributed by atoms with E-state index in [-0.39, 0.29) is 5.76 Å². The second-order valence-electron chi connectivity index (χ2n) is 5.27. The topological polar surface area (TPSA) is 47.6 Å². The molecule has 3 aromatic rings. The third kappa shape index (κ3) is 2.89. The van der Waals surface area contributed by atoms with E-state index in [0.29, 0.717) is 12.3 Å². The first-order valence-electron chi connectivity index (χ1n) is 7.07. The van der Waals surface area contributed by atoms with E-state index < -0.39 is 0 Å². The number of rotatable bonds is 5. The van der Waals surface area contributed by atoms with Crippen LogP contribution in [0.3, 0.4) is 0 Å². The van der Waals surface area contributed by atoms with E-state index >= 15 is 0 Å². The van der Waals surface area contributed by atoms with Crippen molar-refractivity contribution >= 4 is 11.1 Å². The third-order valence-electron chi connectivity index (χ3n) is 3.57. The zero-order valence-electron chi connectivity index (χ0n) is 12.7. The maximum absolute atomic E-state index is 12.0. The predicted octanol–water partition coefficient (Wildman–Crippen LogP) is 2.69. The van der Waals surface area contributed by atoms with Crippen LogP contribution >= 0.6 is 0 Å². The van der Waals surface area contributed by atoms with Crippen molar-refractivity contribution in [3.8, 4) is 5.75 Å². The molecule has 5 heteroatoms. The Balaban J connectivity index is 1.76. The first-order valence-corrected chi connectivity index (χ1v) is 7.07. The van der Waals surface area contributed by atoms with E-state index in [1.165, 1.54) is 0 Å². The van der Waals surface area contributed by atoms with Crippen LogP contribution in [-0.2, 0) is 13.2 Å². The number of methoxy groups -OCH3 is 1. The number of nitrogens with zero attached hydrogens (tertiary/aromatic N) is 2.